The molecule has 0 aromatic carbocycles. The SMILES string of the molecule is C/C=C\C(O)C1=C(C)C=CCC1. The molecule has 0 bridgehead atoms. The van der Waals surface area contributed by atoms with E-state index in [4.69, 9.17) is 0 Å². The third-order valence-corrected chi connectivity index (χ3v) is 2.19. The van der Waals surface area contributed by atoms with Crippen molar-refractivity contribution >= 4 is 0 Å². The van der Waals surface area contributed by atoms with Gasteiger partial charge in [0.25, 0.3) is 0 Å². The van der Waals surface area contributed by atoms with E-state index in [0.717, 1.165) is 18.4 Å². The number of hydrogen-bond acceptors (Lipinski definition) is 1. The lowest BCUT2D eigenvalue weighted by molar-refractivity contribution is 0.253. The largest absolute Gasteiger partial charge is 0.385 e. The Hall–Kier alpha value is -0.820. The van der Waals surface area contributed by atoms with Crippen LogP contribution in [0.3, 0.4) is 0 Å². The first-order valence-corrected chi connectivity index (χ1v) is 4.42. The highest BCUT2D eigenvalue weighted by Crippen LogP contribution is 2.22. The molecule has 1 heteroatoms. The van der Waals surface area contributed by atoms with Crippen molar-refractivity contribution in [2.45, 2.75) is 32.8 Å². The van der Waals surface area contributed by atoms with Crippen molar-refractivity contribution in [1.82, 2.24) is 0 Å². The summed E-state index contributed by atoms with van der Waals surface area (Å²) in [6.07, 6.45) is 9.64. The van der Waals surface area contributed by atoms with Crippen LogP contribution in [-0.2, 0) is 0 Å². The van der Waals surface area contributed by atoms with Crippen LogP contribution in [0.5, 0.6) is 0 Å². The molecule has 0 saturated carbocycles. The second-order valence-corrected chi connectivity index (χ2v) is 3.12. The fourth-order valence-corrected chi connectivity index (χ4v) is 1.48. The average molecular weight is 164 g/mol. The van der Waals surface area contributed by atoms with Crippen molar-refractivity contribution in [1.29, 1.82) is 0 Å². The van der Waals surface area contributed by atoms with Crippen LogP contribution in [0, 0.1) is 0 Å². The summed E-state index contributed by atoms with van der Waals surface area (Å²) in [6, 6.07) is 0. The van der Waals surface area contributed by atoms with Gasteiger partial charge in [0.05, 0.1) is 6.10 Å². The normalized spacial score (nSPS) is 20.6. The summed E-state index contributed by atoms with van der Waals surface area (Å²) in [6.45, 7) is 3.98. The van der Waals surface area contributed by atoms with Gasteiger partial charge in [-0.25, -0.2) is 0 Å². The van der Waals surface area contributed by atoms with E-state index in [1.807, 2.05) is 19.1 Å². The lowest BCUT2D eigenvalue weighted by atomic mass is 9.94. The van der Waals surface area contributed by atoms with Crippen LogP contribution in [0.2, 0.25) is 0 Å². The number of rotatable bonds is 2. The third-order valence-electron chi connectivity index (χ3n) is 2.19. The number of aliphatic hydroxyl groups excluding tert-OH is 1. The summed E-state index contributed by atoms with van der Waals surface area (Å²) in [5, 5.41) is 9.67. The van der Waals surface area contributed by atoms with Crippen molar-refractivity contribution in [3.05, 3.63) is 35.5 Å². The van der Waals surface area contributed by atoms with Crippen molar-refractivity contribution in [3.63, 3.8) is 0 Å². The van der Waals surface area contributed by atoms with Gasteiger partial charge in [-0.3, -0.25) is 0 Å². The van der Waals surface area contributed by atoms with Crippen LogP contribution in [0.15, 0.2) is 35.5 Å². The van der Waals surface area contributed by atoms with Gasteiger partial charge in [0.15, 0.2) is 0 Å². The minimum Gasteiger partial charge on any atom is -0.385 e. The van der Waals surface area contributed by atoms with Gasteiger partial charge in [0, 0.05) is 0 Å². The third kappa shape index (κ3) is 2.08. The molecule has 12 heavy (non-hydrogen) atoms. The Morgan fingerprint density at radius 3 is 2.92 bits per heavy atom. The first kappa shape index (κ1) is 9.27. The van der Waals surface area contributed by atoms with E-state index < -0.39 is 0 Å². The van der Waals surface area contributed by atoms with E-state index >= 15 is 0 Å². The molecule has 1 unspecified atom stereocenters. The Labute approximate surface area is 74.1 Å². The monoisotopic (exact) mass is 164 g/mol. The highest BCUT2D eigenvalue weighted by molar-refractivity contribution is 5.32. The highest BCUT2D eigenvalue weighted by Gasteiger charge is 2.10. The first-order chi connectivity index (χ1) is 5.75. The summed E-state index contributed by atoms with van der Waals surface area (Å²) in [4.78, 5) is 0. The minimum atomic E-state index is -0.375. The highest BCUT2D eigenvalue weighted by atomic mass is 16.3. The predicted molar refractivity (Wildman–Crippen MR) is 51.9 cm³/mol. The van der Waals surface area contributed by atoms with Gasteiger partial charge in [-0.05, 0) is 37.8 Å². The molecule has 0 aliphatic heterocycles. The molecule has 0 saturated heterocycles. The molecule has 0 aromatic rings. The summed E-state index contributed by atoms with van der Waals surface area (Å²) in [7, 11) is 0. The van der Waals surface area contributed by atoms with E-state index in [2.05, 4.69) is 19.1 Å². The first-order valence-electron chi connectivity index (χ1n) is 4.42. The smallest absolute Gasteiger partial charge is 0.0937 e. The Bertz CT molecular complexity index is 233. The van der Waals surface area contributed by atoms with Crippen LogP contribution in [0.1, 0.15) is 26.7 Å². The Morgan fingerprint density at radius 2 is 2.33 bits per heavy atom. The summed E-state index contributed by atoms with van der Waals surface area (Å²) in [5.41, 5.74) is 2.38. The zero-order valence-electron chi connectivity index (χ0n) is 7.75. The molecular weight excluding hydrogens is 148 g/mol. The van der Waals surface area contributed by atoms with Gasteiger partial charge in [-0.15, -0.1) is 0 Å². The number of aliphatic hydroxyl groups is 1. The fourth-order valence-electron chi connectivity index (χ4n) is 1.48. The topological polar surface area (TPSA) is 20.2 Å². The summed E-state index contributed by atoms with van der Waals surface area (Å²) < 4.78 is 0. The molecule has 66 valence electrons. The van der Waals surface area contributed by atoms with E-state index in [1.165, 1.54) is 5.57 Å². The molecule has 0 amide bonds. The average Bonchev–Trinajstić information content (AvgIpc) is 2.05. The summed E-state index contributed by atoms with van der Waals surface area (Å²) in [5.74, 6) is 0. The van der Waals surface area contributed by atoms with Crippen LogP contribution >= 0.6 is 0 Å². The Kier molecular flexibility index (Phi) is 3.30. The molecule has 0 aromatic heterocycles. The van der Waals surface area contributed by atoms with Gasteiger partial charge >= 0.3 is 0 Å². The zero-order valence-corrected chi connectivity index (χ0v) is 7.75. The second-order valence-electron chi connectivity index (χ2n) is 3.12. The minimum absolute atomic E-state index is 0.375. The Balaban J connectivity index is 2.78. The van der Waals surface area contributed by atoms with Crippen LogP contribution in [-0.4, -0.2) is 11.2 Å². The van der Waals surface area contributed by atoms with Crippen LogP contribution in [0.4, 0.5) is 0 Å². The van der Waals surface area contributed by atoms with Gasteiger partial charge in [-0.2, -0.15) is 0 Å². The summed E-state index contributed by atoms with van der Waals surface area (Å²) >= 11 is 0. The van der Waals surface area contributed by atoms with Gasteiger partial charge in [0.2, 0.25) is 0 Å². The second kappa shape index (κ2) is 4.27. The van der Waals surface area contributed by atoms with Crippen molar-refractivity contribution in [2.24, 2.45) is 0 Å². The van der Waals surface area contributed by atoms with E-state index in [9.17, 15) is 5.11 Å². The standard InChI is InChI=1S/C11H16O/c1-3-6-11(12)10-8-5-4-7-9(10)2/h3-4,6-7,11-12H,5,8H2,1-2H3/b6-3-. The van der Waals surface area contributed by atoms with Gasteiger partial charge < -0.3 is 5.11 Å². The molecule has 0 heterocycles. The van der Waals surface area contributed by atoms with Crippen LogP contribution in [0.25, 0.3) is 0 Å². The molecule has 0 fully saturated rings. The lowest BCUT2D eigenvalue weighted by Crippen LogP contribution is -2.09. The zero-order chi connectivity index (χ0) is 8.97. The van der Waals surface area contributed by atoms with E-state index in [-0.39, 0.29) is 6.10 Å². The molecule has 1 aliphatic carbocycles. The maximum absolute atomic E-state index is 9.67. The molecule has 1 rings (SSSR count). The predicted octanol–water partition coefficient (Wildman–Crippen LogP) is 2.59. The lowest BCUT2D eigenvalue weighted by Gasteiger charge is -2.16. The molecular formula is C11H16O. The van der Waals surface area contributed by atoms with Crippen molar-refractivity contribution < 1.29 is 5.11 Å². The number of hydrogen-bond donors (Lipinski definition) is 1. The Morgan fingerprint density at radius 1 is 1.58 bits per heavy atom. The van der Waals surface area contributed by atoms with Gasteiger partial charge in [0.1, 0.15) is 0 Å². The maximum Gasteiger partial charge on any atom is 0.0937 e. The van der Waals surface area contributed by atoms with Crippen molar-refractivity contribution in [2.75, 3.05) is 0 Å². The quantitative estimate of drug-likeness (QED) is 0.622. The van der Waals surface area contributed by atoms with Crippen molar-refractivity contribution in [3.8, 4) is 0 Å². The molecule has 1 atom stereocenters. The molecule has 0 radical (unpaired) electrons. The molecule has 1 nitrogen and oxygen atoms in total. The fraction of sp³-hybridized carbons (Fsp3) is 0.455. The van der Waals surface area contributed by atoms with E-state index in [0.29, 0.717) is 0 Å². The molecule has 1 aliphatic rings. The number of allylic oxidation sites excluding steroid dienone is 4. The van der Waals surface area contributed by atoms with Gasteiger partial charge in [-0.1, -0.05) is 24.3 Å². The molecule has 0 spiro atoms. The van der Waals surface area contributed by atoms with Crippen LogP contribution < -0.4 is 0 Å². The molecule has 1 N–H and O–H groups in total. The van der Waals surface area contributed by atoms with E-state index in [1.54, 1.807) is 0 Å². The maximum atomic E-state index is 9.67.